The number of aromatic nitrogens is 1. The minimum Gasteiger partial charge on any atom is -0.476 e. The summed E-state index contributed by atoms with van der Waals surface area (Å²) in [6.45, 7) is 0. The largest absolute Gasteiger partial charge is 0.476 e. The molecule has 0 spiro atoms. The number of hydrogen-bond acceptors (Lipinski definition) is 3. The lowest BCUT2D eigenvalue weighted by molar-refractivity contribution is -0.151. The molecule has 98 valence electrons. The number of pyridine rings is 1. The molecular weight excluding hydrogens is 273 g/mol. The third-order valence-electron chi connectivity index (χ3n) is 2.71. The van der Waals surface area contributed by atoms with E-state index in [0.717, 1.165) is 0 Å². The van der Waals surface area contributed by atoms with Crippen LogP contribution in [0.2, 0.25) is 5.02 Å². The van der Waals surface area contributed by atoms with Gasteiger partial charge in [0.05, 0.1) is 5.02 Å². The molecule has 0 amide bonds. The number of nitrogens with zero attached hydrogens (tertiary/aromatic N) is 1. The highest BCUT2D eigenvalue weighted by Crippen LogP contribution is 2.51. The van der Waals surface area contributed by atoms with Crippen LogP contribution in [0.5, 0.6) is 0 Å². The van der Waals surface area contributed by atoms with Gasteiger partial charge in [0.1, 0.15) is 11.4 Å². The fourth-order valence-electron chi connectivity index (χ4n) is 1.51. The summed E-state index contributed by atoms with van der Waals surface area (Å²) in [7, 11) is 0. The summed E-state index contributed by atoms with van der Waals surface area (Å²) in [6, 6.07) is 2.42. The quantitative estimate of drug-likeness (QED) is 0.893. The van der Waals surface area contributed by atoms with Gasteiger partial charge in [0.25, 0.3) is 0 Å². The molecule has 1 aliphatic carbocycles. The molecule has 2 rings (SSSR count). The van der Waals surface area contributed by atoms with E-state index in [1.807, 2.05) is 0 Å². The van der Waals surface area contributed by atoms with Gasteiger partial charge in [-0.15, -0.1) is 0 Å². The third kappa shape index (κ3) is 2.22. The first-order chi connectivity index (χ1) is 8.25. The van der Waals surface area contributed by atoms with Gasteiger partial charge in [-0.1, -0.05) is 11.6 Å². The summed E-state index contributed by atoms with van der Waals surface area (Å²) in [5, 5.41) is 10.9. The Hall–Kier alpha value is -1.50. The Morgan fingerprint density at radius 3 is 2.50 bits per heavy atom. The molecule has 2 N–H and O–H groups in total. The van der Waals surface area contributed by atoms with E-state index in [-0.39, 0.29) is 23.7 Å². The van der Waals surface area contributed by atoms with E-state index >= 15 is 0 Å². The average molecular weight is 281 g/mol. The van der Waals surface area contributed by atoms with E-state index in [1.165, 1.54) is 12.1 Å². The fourth-order valence-corrected chi connectivity index (χ4v) is 1.70. The minimum atomic E-state index is -4.39. The topological polar surface area (TPSA) is 62.2 Å². The Labute approximate surface area is 105 Å². The zero-order valence-electron chi connectivity index (χ0n) is 8.88. The van der Waals surface area contributed by atoms with Crippen molar-refractivity contribution in [1.29, 1.82) is 0 Å². The number of alkyl halides is 3. The van der Waals surface area contributed by atoms with Crippen molar-refractivity contribution in [2.45, 2.75) is 24.6 Å². The van der Waals surface area contributed by atoms with Crippen LogP contribution in [0.25, 0.3) is 0 Å². The summed E-state index contributed by atoms with van der Waals surface area (Å²) in [5.74, 6) is -1.54. The second-order valence-corrected chi connectivity index (χ2v) is 4.44. The molecule has 0 atom stereocenters. The lowest BCUT2D eigenvalue weighted by Crippen LogP contribution is -2.39. The predicted octanol–water partition coefficient (Wildman–Crippen LogP) is 2.94. The van der Waals surface area contributed by atoms with Crippen molar-refractivity contribution in [2.24, 2.45) is 0 Å². The number of carboxylic acids is 1. The minimum absolute atomic E-state index is 0.0524. The second kappa shape index (κ2) is 4.01. The van der Waals surface area contributed by atoms with Gasteiger partial charge >= 0.3 is 12.1 Å². The number of carbonyl (C=O) groups is 1. The molecule has 1 heterocycles. The number of carboxylic acid groups (broad SMARTS) is 1. The van der Waals surface area contributed by atoms with Gasteiger partial charge in [0.15, 0.2) is 5.69 Å². The first-order valence-electron chi connectivity index (χ1n) is 5.00. The van der Waals surface area contributed by atoms with Crippen molar-refractivity contribution < 1.29 is 23.1 Å². The van der Waals surface area contributed by atoms with Crippen LogP contribution < -0.4 is 5.32 Å². The lowest BCUT2D eigenvalue weighted by atomic mass is 10.2. The van der Waals surface area contributed by atoms with Gasteiger partial charge in [-0.2, -0.15) is 13.2 Å². The predicted molar refractivity (Wildman–Crippen MR) is 57.8 cm³/mol. The summed E-state index contributed by atoms with van der Waals surface area (Å²) >= 11 is 5.57. The van der Waals surface area contributed by atoms with E-state index in [4.69, 9.17) is 16.7 Å². The molecule has 4 nitrogen and oxygen atoms in total. The molecular formula is C10H8ClF3N2O2. The Morgan fingerprint density at radius 1 is 1.44 bits per heavy atom. The first kappa shape index (κ1) is 12.9. The van der Waals surface area contributed by atoms with Crippen LogP contribution in [0.1, 0.15) is 23.3 Å². The molecule has 1 aromatic heterocycles. The Morgan fingerprint density at radius 2 is 2.06 bits per heavy atom. The smallest absolute Gasteiger partial charge is 0.411 e. The molecule has 0 aromatic carbocycles. The van der Waals surface area contributed by atoms with Crippen LogP contribution in [-0.4, -0.2) is 27.8 Å². The molecule has 0 radical (unpaired) electrons. The van der Waals surface area contributed by atoms with Crippen molar-refractivity contribution in [3.8, 4) is 0 Å². The van der Waals surface area contributed by atoms with E-state index < -0.39 is 23.4 Å². The monoisotopic (exact) mass is 280 g/mol. The summed E-state index contributed by atoms with van der Waals surface area (Å²) in [5.41, 5.74) is -2.46. The SMILES string of the molecule is O=C(O)c1nc(NC2(C(F)(F)F)CC2)ccc1Cl. The maximum absolute atomic E-state index is 12.7. The van der Waals surface area contributed by atoms with E-state index in [0.29, 0.717) is 0 Å². The van der Waals surface area contributed by atoms with Crippen LogP contribution in [0, 0.1) is 0 Å². The molecule has 1 aromatic rings. The molecule has 1 fully saturated rings. The first-order valence-corrected chi connectivity index (χ1v) is 5.38. The fraction of sp³-hybridized carbons (Fsp3) is 0.400. The third-order valence-corrected chi connectivity index (χ3v) is 3.01. The number of aromatic carboxylic acids is 1. The summed E-state index contributed by atoms with van der Waals surface area (Å²) in [4.78, 5) is 14.3. The van der Waals surface area contributed by atoms with E-state index in [2.05, 4.69) is 10.3 Å². The van der Waals surface area contributed by atoms with Crippen LogP contribution in [0.15, 0.2) is 12.1 Å². The molecule has 0 unspecified atom stereocenters. The number of nitrogens with one attached hydrogen (secondary N) is 1. The highest BCUT2D eigenvalue weighted by atomic mass is 35.5. The van der Waals surface area contributed by atoms with E-state index in [1.54, 1.807) is 0 Å². The van der Waals surface area contributed by atoms with Gasteiger partial charge < -0.3 is 10.4 Å². The van der Waals surface area contributed by atoms with Crippen molar-refractivity contribution in [2.75, 3.05) is 5.32 Å². The summed E-state index contributed by atoms with van der Waals surface area (Å²) in [6.07, 6.45) is -4.50. The zero-order chi connectivity index (χ0) is 13.6. The maximum Gasteiger partial charge on any atom is 0.411 e. The molecule has 18 heavy (non-hydrogen) atoms. The molecule has 8 heteroatoms. The Bertz CT molecular complexity index is 500. The number of hydrogen-bond donors (Lipinski definition) is 2. The van der Waals surface area contributed by atoms with Crippen LogP contribution in [0.4, 0.5) is 19.0 Å². The van der Waals surface area contributed by atoms with Crippen LogP contribution >= 0.6 is 11.6 Å². The van der Waals surface area contributed by atoms with Gasteiger partial charge in [0.2, 0.25) is 0 Å². The van der Waals surface area contributed by atoms with Gasteiger partial charge in [0, 0.05) is 0 Å². The van der Waals surface area contributed by atoms with Gasteiger partial charge in [-0.25, -0.2) is 9.78 Å². The van der Waals surface area contributed by atoms with Crippen LogP contribution in [-0.2, 0) is 0 Å². The maximum atomic E-state index is 12.7. The zero-order valence-corrected chi connectivity index (χ0v) is 9.64. The Balaban J connectivity index is 2.26. The van der Waals surface area contributed by atoms with Gasteiger partial charge in [-0.3, -0.25) is 0 Å². The van der Waals surface area contributed by atoms with Gasteiger partial charge in [-0.05, 0) is 25.0 Å². The second-order valence-electron chi connectivity index (χ2n) is 4.04. The molecule has 0 bridgehead atoms. The van der Waals surface area contributed by atoms with Crippen molar-refractivity contribution >= 4 is 23.4 Å². The molecule has 1 aliphatic rings. The molecule has 0 aliphatic heterocycles. The number of halogens is 4. The van der Waals surface area contributed by atoms with Crippen molar-refractivity contribution in [1.82, 2.24) is 4.98 Å². The number of anilines is 1. The highest BCUT2D eigenvalue weighted by Gasteiger charge is 2.63. The Kier molecular flexibility index (Phi) is 2.89. The molecule has 1 saturated carbocycles. The van der Waals surface area contributed by atoms with E-state index in [9.17, 15) is 18.0 Å². The number of rotatable bonds is 3. The normalized spacial score (nSPS) is 17.3. The van der Waals surface area contributed by atoms with Crippen molar-refractivity contribution in [3.05, 3.63) is 22.8 Å². The summed E-state index contributed by atoms with van der Waals surface area (Å²) < 4.78 is 38.1. The highest BCUT2D eigenvalue weighted by molar-refractivity contribution is 6.33. The van der Waals surface area contributed by atoms with Crippen LogP contribution in [0.3, 0.4) is 0 Å². The molecule has 0 saturated heterocycles. The lowest BCUT2D eigenvalue weighted by Gasteiger charge is -2.21. The standard InChI is InChI=1S/C10H8ClF3N2O2/c11-5-1-2-6(15-7(5)8(17)18)16-9(3-4-9)10(12,13)14/h1-2H,3-4H2,(H,15,16)(H,17,18). The van der Waals surface area contributed by atoms with Crippen molar-refractivity contribution in [3.63, 3.8) is 0 Å². The average Bonchev–Trinajstić information content (AvgIpc) is 3.00.